The van der Waals surface area contributed by atoms with Gasteiger partial charge in [0.2, 0.25) is 0 Å². The summed E-state index contributed by atoms with van der Waals surface area (Å²) in [4.78, 5) is 3.86. The molecule has 7 heteroatoms. The van der Waals surface area contributed by atoms with Gasteiger partial charge < -0.3 is 10.6 Å². The Bertz CT molecular complexity index is 460. The molecule has 2 N–H and O–H groups in total. The van der Waals surface area contributed by atoms with Crippen LogP contribution in [0, 0.1) is 11.6 Å². The van der Waals surface area contributed by atoms with Gasteiger partial charge in [0.1, 0.15) is 0 Å². The van der Waals surface area contributed by atoms with Crippen molar-refractivity contribution < 1.29 is 13.0 Å². The topological polar surface area (TPSA) is 54.0 Å². The Labute approximate surface area is 107 Å². The first-order valence-electron chi connectivity index (χ1n) is 5.75. The molecule has 18 heavy (non-hydrogen) atoms. The van der Waals surface area contributed by atoms with Gasteiger partial charge in [0.15, 0.2) is 23.3 Å². The van der Waals surface area contributed by atoms with Gasteiger partial charge in [-0.3, -0.25) is 4.21 Å². The average molecular weight is 275 g/mol. The zero-order valence-corrected chi connectivity index (χ0v) is 10.8. The van der Waals surface area contributed by atoms with Gasteiger partial charge in [-0.15, -0.1) is 0 Å². The lowest BCUT2D eigenvalue weighted by molar-refractivity contribution is 0.570. The van der Waals surface area contributed by atoms with Crippen molar-refractivity contribution in [3.63, 3.8) is 0 Å². The summed E-state index contributed by atoms with van der Waals surface area (Å²) in [6.45, 7) is 0. The number of pyridine rings is 1. The Morgan fingerprint density at radius 3 is 2.50 bits per heavy atom. The van der Waals surface area contributed by atoms with Gasteiger partial charge in [-0.2, -0.15) is 0 Å². The maximum atomic E-state index is 13.5. The molecule has 0 aromatic carbocycles. The number of anilines is 2. The fourth-order valence-electron chi connectivity index (χ4n) is 1.87. The molecule has 1 fully saturated rings. The van der Waals surface area contributed by atoms with Crippen LogP contribution < -0.4 is 10.6 Å². The monoisotopic (exact) mass is 275 g/mol. The summed E-state index contributed by atoms with van der Waals surface area (Å²) in [5.74, 6) is -0.154. The Morgan fingerprint density at radius 1 is 1.28 bits per heavy atom. The second-order valence-electron chi connectivity index (χ2n) is 4.17. The van der Waals surface area contributed by atoms with Crippen molar-refractivity contribution in [1.29, 1.82) is 0 Å². The van der Waals surface area contributed by atoms with E-state index in [1.807, 2.05) is 0 Å². The third-order valence-corrected chi connectivity index (χ3v) is 4.28. The summed E-state index contributed by atoms with van der Waals surface area (Å²) in [6.07, 6.45) is 1.42. The first-order valence-corrected chi connectivity index (χ1v) is 7.24. The third kappa shape index (κ3) is 2.95. The molecule has 2 rings (SSSR count). The standard InChI is InChI=1S/C11H15F2N3OS/c1-14-10-8(12)6-9(13)11(16-10)15-7-2-4-18(17)5-3-7/h6-7H,2-5H2,1H3,(H2,14,15,16). The van der Waals surface area contributed by atoms with E-state index in [4.69, 9.17) is 0 Å². The van der Waals surface area contributed by atoms with Crippen LogP contribution in [-0.4, -0.2) is 33.8 Å². The second kappa shape index (κ2) is 5.60. The number of aromatic nitrogens is 1. The van der Waals surface area contributed by atoms with E-state index in [-0.39, 0.29) is 17.7 Å². The molecule has 0 aliphatic carbocycles. The molecular weight excluding hydrogens is 260 g/mol. The lowest BCUT2D eigenvalue weighted by atomic mass is 10.1. The summed E-state index contributed by atoms with van der Waals surface area (Å²) in [5.41, 5.74) is 0. The molecule has 0 unspecified atom stereocenters. The van der Waals surface area contributed by atoms with Crippen LogP contribution >= 0.6 is 0 Å². The fraction of sp³-hybridized carbons (Fsp3) is 0.545. The van der Waals surface area contributed by atoms with Crippen LogP contribution in [0.4, 0.5) is 20.4 Å². The molecular formula is C11H15F2N3OS. The highest BCUT2D eigenvalue weighted by atomic mass is 32.2. The fourth-order valence-corrected chi connectivity index (χ4v) is 3.17. The van der Waals surface area contributed by atoms with Gasteiger partial charge in [0, 0.05) is 41.5 Å². The SMILES string of the molecule is CNc1nc(NC2CCS(=O)CC2)c(F)cc1F. The third-order valence-electron chi connectivity index (χ3n) is 2.90. The van der Waals surface area contributed by atoms with E-state index in [0.717, 1.165) is 6.07 Å². The Kier molecular flexibility index (Phi) is 4.11. The van der Waals surface area contributed by atoms with E-state index in [1.54, 1.807) is 0 Å². The number of hydrogen-bond acceptors (Lipinski definition) is 4. The van der Waals surface area contributed by atoms with E-state index in [0.29, 0.717) is 24.3 Å². The summed E-state index contributed by atoms with van der Waals surface area (Å²) in [6, 6.07) is 0.849. The van der Waals surface area contributed by atoms with Crippen molar-refractivity contribution in [1.82, 2.24) is 4.98 Å². The number of hydrogen-bond donors (Lipinski definition) is 2. The van der Waals surface area contributed by atoms with Crippen LogP contribution in [0.25, 0.3) is 0 Å². The molecule has 0 atom stereocenters. The molecule has 0 saturated carbocycles. The summed E-state index contributed by atoms with van der Waals surface area (Å²) < 4.78 is 38.0. The first-order chi connectivity index (χ1) is 8.60. The predicted molar refractivity (Wildman–Crippen MR) is 68.2 cm³/mol. The molecule has 0 amide bonds. The summed E-state index contributed by atoms with van der Waals surface area (Å²) >= 11 is 0. The van der Waals surface area contributed by atoms with Crippen LogP contribution in [0.3, 0.4) is 0 Å². The number of nitrogens with zero attached hydrogens (tertiary/aromatic N) is 1. The maximum absolute atomic E-state index is 13.5. The highest BCUT2D eigenvalue weighted by Crippen LogP contribution is 2.21. The van der Waals surface area contributed by atoms with E-state index in [1.165, 1.54) is 7.05 Å². The average Bonchev–Trinajstić information content (AvgIpc) is 2.35. The van der Waals surface area contributed by atoms with Gasteiger partial charge in [-0.1, -0.05) is 0 Å². The quantitative estimate of drug-likeness (QED) is 0.882. The highest BCUT2D eigenvalue weighted by molar-refractivity contribution is 7.85. The van der Waals surface area contributed by atoms with Crippen LogP contribution in [0.1, 0.15) is 12.8 Å². The van der Waals surface area contributed by atoms with Crippen molar-refractivity contribution in [3.05, 3.63) is 17.7 Å². The summed E-state index contributed by atoms with van der Waals surface area (Å²) in [7, 11) is 0.764. The molecule has 0 spiro atoms. The lowest BCUT2D eigenvalue weighted by Crippen LogP contribution is -2.30. The van der Waals surface area contributed by atoms with Gasteiger partial charge in [-0.25, -0.2) is 13.8 Å². The van der Waals surface area contributed by atoms with Crippen LogP contribution in [0.2, 0.25) is 0 Å². The van der Waals surface area contributed by atoms with E-state index in [9.17, 15) is 13.0 Å². The second-order valence-corrected chi connectivity index (χ2v) is 5.86. The van der Waals surface area contributed by atoms with Crippen molar-refractivity contribution in [2.45, 2.75) is 18.9 Å². The smallest absolute Gasteiger partial charge is 0.168 e. The van der Waals surface area contributed by atoms with Gasteiger partial charge in [0.05, 0.1) is 0 Å². The molecule has 0 radical (unpaired) electrons. The summed E-state index contributed by atoms with van der Waals surface area (Å²) in [5, 5.41) is 5.51. The van der Waals surface area contributed by atoms with Gasteiger partial charge >= 0.3 is 0 Å². The highest BCUT2D eigenvalue weighted by Gasteiger charge is 2.20. The Morgan fingerprint density at radius 2 is 1.89 bits per heavy atom. The lowest BCUT2D eigenvalue weighted by Gasteiger charge is -2.23. The van der Waals surface area contributed by atoms with Crippen LogP contribution in [0.15, 0.2) is 6.07 Å². The molecule has 1 saturated heterocycles. The zero-order chi connectivity index (χ0) is 13.1. The van der Waals surface area contributed by atoms with E-state index < -0.39 is 22.4 Å². The minimum atomic E-state index is -0.760. The van der Waals surface area contributed by atoms with Crippen molar-refractivity contribution in [3.8, 4) is 0 Å². The molecule has 1 aromatic heterocycles. The molecule has 4 nitrogen and oxygen atoms in total. The predicted octanol–water partition coefficient (Wildman–Crippen LogP) is 1.72. The molecule has 1 aliphatic rings. The maximum Gasteiger partial charge on any atom is 0.168 e. The zero-order valence-electron chi connectivity index (χ0n) is 10.0. The van der Waals surface area contributed by atoms with Crippen LogP contribution in [0.5, 0.6) is 0 Å². The number of nitrogens with one attached hydrogen (secondary N) is 2. The number of halogens is 2. The molecule has 2 heterocycles. The van der Waals surface area contributed by atoms with Crippen molar-refractivity contribution >= 4 is 22.4 Å². The van der Waals surface area contributed by atoms with Gasteiger partial charge in [-0.05, 0) is 12.8 Å². The van der Waals surface area contributed by atoms with Crippen molar-refractivity contribution in [2.75, 3.05) is 29.2 Å². The molecule has 100 valence electrons. The largest absolute Gasteiger partial charge is 0.371 e. The first kappa shape index (κ1) is 13.2. The van der Waals surface area contributed by atoms with Crippen molar-refractivity contribution in [2.24, 2.45) is 0 Å². The molecule has 0 bridgehead atoms. The van der Waals surface area contributed by atoms with Gasteiger partial charge in [0.25, 0.3) is 0 Å². The normalized spacial score (nSPS) is 23.7. The minimum absolute atomic E-state index is 0.0123. The van der Waals surface area contributed by atoms with E-state index in [2.05, 4.69) is 15.6 Å². The number of rotatable bonds is 3. The Hall–Kier alpha value is -1.24. The minimum Gasteiger partial charge on any atom is -0.371 e. The molecule has 1 aliphatic heterocycles. The molecule has 1 aromatic rings. The van der Waals surface area contributed by atoms with Crippen LogP contribution in [-0.2, 0) is 10.8 Å². The Balaban J connectivity index is 2.11. The van der Waals surface area contributed by atoms with E-state index >= 15 is 0 Å².